The summed E-state index contributed by atoms with van der Waals surface area (Å²) in [6, 6.07) is 8.57. The smallest absolute Gasteiger partial charge is 0.289 e. The summed E-state index contributed by atoms with van der Waals surface area (Å²) in [6.07, 6.45) is 1.45. The molecule has 0 aliphatic rings. The highest BCUT2D eigenvalue weighted by Gasteiger charge is 2.18. The van der Waals surface area contributed by atoms with Crippen LogP contribution in [-0.2, 0) is 6.54 Å². The summed E-state index contributed by atoms with van der Waals surface area (Å²) < 4.78 is 20.8. The third-order valence-electron chi connectivity index (χ3n) is 3.56. The fourth-order valence-electron chi connectivity index (χ4n) is 2.27. The zero-order chi connectivity index (χ0) is 17.8. The molecule has 0 spiro atoms. The van der Waals surface area contributed by atoms with Gasteiger partial charge in [0.2, 0.25) is 11.7 Å². The Hall–Kier alpha value is -3.29. The molecule has 1 aromatic carbocycles. The number of carbonyl (C=O) groups is 1. The SMILES string of the molecule is COc1ccc(-c2noc(CN(C)C(=O)c3ccco3)n2)cc1OC. The first-order valence-electron chi connectivity index (χ1n) is 7.46. The molecule has 0 aliphatic heterocycles. The van der Waals surface area contributed by atoms with E-state index < -0.39 is 0 Å². The summed E-state index contributed by atoms with van der Waals surface area (Å²) in [5, 5.41) is 3.95. The Morgan fingerprint density at radius 2 is 2.00 bits per heavy atom. The van der Waals surface area contributed by atoms with Crippen molar-refractivity contribution in [1.29, 1.82) is 0 Å². The Balaban J connectivity index is 1.75. The van der Waals surface area contributed by atoms with Gasteiger partial charge >= 0.3 is 0 Å². The first-order chi connectivity index (χ1) is 12.1. The Kier molecular flexibility index (Phi) is 4.69. The summed E-state index contributed by atoms with van der Waals surface area (Å²) in [7, 11) is 4.75. The van der Waals surface area contributed by atoms with E-state index in [1.165, 1.54) is 11.2 Å². The second-order valence-corrected chi connectivity index (χ2v) is 5.22. The average Bonchev–Trinajstić information content (AvgIpc) is 3.32. The lowest BCUT2D eigenvalue weighted by atomic mass is 10.2. The number of carbonyl (C=O) groups excluding carboxylic acids is 1. The number of methoxy groups -OCH3 is 2. The van der Waals surface area contributed by atoms with Crippen LogP contribution in [0.3, 0.4) is 0 Å². The predicted molar refractivity (Wildman–Crippen MR) is 87.3 cm³/mol. The zero-order valence-corrected chi connectivity index (χ0v) is 14.1. The fourth-order valence-corrected chi connectivity index (χ4v) is 2.27. The van der Waals surface area contributed by atoms with Crippen LogP contribution >= 0.6 is 0 Å². The van der Waals surface area contributed by atoms with E-state index >= 15 is 0 Å². The van der Waals surface area contributed by atoms with E-state index in [0.29, 0.717) is 28.8 Å². The number of hydrogen-bond acceptors (Lipinski definition) is 7. The molecule has 1 amide bonds. The number of ether oxygens (including phenoxy) is 2. The molecule has 0 fully saturated rings. The van der Waals surface area contributed by atoms with Crippen molar-refractivity contribution in [2.75, 3.05) is 21.3 Å². The summed E-state index contributed by atoms with van der Waals surface area (Å²) in [6.45, 7) is 0.166. The number of amides is 1. The molecule has 0 saturated heterocycles. The predicted octanol–water partition coefficient (Wildman–Crippen LogP) is 2.62. The normalized spacial score (nSPS) is 10.5. The van der Waals surface area contributed by atoms with Crippen molar-refractivity contribution in [3.05, 3.63) is 48.2 Å². The van der Waals surface area contributed by atoms with Crippen molar-refractivity contribution in [1.82, 2.24) is 15.0 Å². The van der Waals surface area contributed by atoms with E-state index in [2.05, 4.69) is 10.1 Å². The largest absolute Gasteiger partial charge is 0.493 e. The van der Waals surface area contributed by atoms with Crippen molar-refractivity contribution < 1.29 is 23.2 Å². The molecule has 130 valence electrons. The van der Waals surface area contributed by atoms with Gasteiger partial charge in [-0.15, -0.1) is 0 Å². The molecule has 25 heavy (non-hydrogen) atoms. The Morgan fingerprint density at radius 1 is 1.20 bits per heavy atom. The van der Waals surface area contributed by atoms with Gasteiger partial charge in [-0.1, -0.05) is 5.16 Å². The van der Waals surface area contributed by atoms with Crippen LogP contribution in [0.15, 0.2) is 45.5 Å². The monoisotopic (exact) mass is 343 g/mol. The topological polar surface area (TPSA) is 90.8 Å². The third-order valence-corrected chi connectivity index (χ3v) is 3.56. The minimum absolute atomic E-state index is 0.166. The second kappa shape index (κ2) is 7.08. The Morgan fingerprint density at radius 3 is 2.68 bits per heavy atom. The Labute approximate surface area is 143 Å². The summed E-state index contributed by atoms with van der Waals surface area (Å²) >= 11 is 0. The van der Waals surface area contributed by atoms with Crippen molar-refractivity contribution >= 4 is 5.91 Å². The van der Waals surface area contributed by atoms with E-state index in [1.54, 1.807) is 51.6 Å². The zero-order valence-electron chi connectivity index (χ0n) is 14.1. The highest BCUT2D eigenvalue weighted by Crippen LogP contribution is 2.31. The lowest BCUT2D eigenvalue weighted by Crippen LogP contribution is -2.25. The summed E-state index contributed by atoms with van der Waals surface area (Å²) in [5.41, 5.74) is 0.715. The summed E-state index contributed by atoms with van der Waals surface area (Å²) in [5.74, 6) is 1.87. The van der Waals surface area contributed by atoms with Crippen molar-refractivity contribution in [3.63, 3.8) is 0 Å². The van der Waals surface area contributed by atoms with E-state index in [4.69, 9.17) is 18.4 Å². The molecule has 0 aliphatic carbocycles. The van der Waals surface area contributed by atoms with Crippen molar-refractivity contribution in [3.8, 4) is 22.9 Å². The molecule has 3 aromatic rings. The maximum absolute atomic E-state index is 12.2. The number of hydrogen-bond donors (Lipinski definition) is 0. The first-order valence-corrected chi connectivity index (χ1v) is 7.46. The fraction of sp³-hybridized carbons (Fsp3) is 0.235. The molecule has 2 heterocycles. The molecular weight excluding hydrogens is 326 g/mol. The summed E-state index contributed by atoms with van der Waals surface area (Å²) in [4.78, 5) is 17.9. The van der Waals surface area contributed by atoms with Gasteiger partial charge in [0, 0.05) is 12.6 Å². The lowest BCUT2D eigenvalue weighted by Gasteiger charge is -2.12. The van der Waals surface area contributed by atoms with Crippen molar-refractivity contribution in [2.45, 2.75) is 6.54 Å². The lowest BCUT2D eigenvalue weighted by molar-refractivity contribution is 0.0738. The van der Waals surface area contributed by atoms with Gasteiger partial charge in [-0.25, -0.2) is 0 Å². The molecular formula is C17H17N3O5. The first kappa shape index (κ1) is 16.6. The van der Waals surface area contributed by atoms with E-state index in [1.807, 2.05) is 0 Å². The molecule has 2 aromatic heterocycles. The van der Waals surface area contributed by atoms with E-state index in [0.717, 1.165) is 0 Å². The minimum atomic E-state index is -0.268. The van der Waals surface area contributed by atoms with Gasteiger partial charge in [0.1, 0.15) is 6.54 Å². The van der Waals surface area contributed by atoms with Gasteiger partial charge in [-0.3, -0.25) is 4.79 Å². The minimum Gasteiger partial charge on any atom is -0.493 e. The molecule has 0 saturated carbocycles. The highest BCUT2D eigenvalue weighted by molar-refractivity contribution is 5.91. The number of furan rings is 1. The van der Waals surface area contributed by atoms with Gasteiger partial charge in [-0.2, -0.15) is 4.98 Å². The van der Waals surface area contributed by atoms with Crippen LogP contribution in [-0.4, -0.2) is 42.2 Å². The van der Waals surface area contributed by atoms with Gasteiger partial charge < -0.3 is 23.3 Å². The second-order valence-electron chi connectivity index (χ2n) is 5.22. The standard InChI is InChI=1S/C17H17N3O5/c1-20(17(21)13-5-4-8-24-13)10-15-18-16(19-25-15)11-6-7-12(22-2)14(9-11)23-3/h4-9H,10H2,1-3H3. The molecule has 3 rings (SSSR count). The maximum Gasteiger partial charge on any atom is 0.289 e. The van der Waals surface area contributed by atoms with Gasteiger partial charge in [-0.05, 0) is 30.3 Å². The van der Waals surface area contributed by atoms with E-state index in [-0.39, 0.29) is 18.2 Å². The molecule has 0 bridgehead atoms. The van der Waals surface area contributed by atoms with Crippen LogP contribution in [0.4, 0.5) is 0 Å². The molecule has 0 radical (unpaired) electrons. The number of nitrogens with zero attached hydrogens (tertiary/aromatic N) is 3. The molecule has 0 atom stereocenters. The van der Waals surface area contributed by atoms with Gasteiger partial charge in [0.25, 0.3) is 5.91 Å². The van der Waals surface area contributed by atoms with Gasteiger partial charge in [0.15, 0.2) is 17.3 Å². The maximum atomic E-state index is 12.2. The van der Waals surface area contributed by atoms with Crippen LogP contribution < -0.4 is 9.47 Å². The molecule has 8 nitrogen and oxygen atoms in total. The molecule has 0 unspecified atom stereocenters. The van der Waals surface area contributed by atoms with Crippen LogP contribution in [0.5, 0.6) is 11.5 Å². The average molecular weight is 343 g/mol. The van der Waals surface area contributed by atoms with Crippen LogP contribution in [0.1, 0.15) is 16.4 Å². The van der Waals surface area contributed by atoms with Gasteiger partial charge in [0.05, 0.1) is 20.5 Å². The molecule has 8 heteroatoms. The Bertz CT molecular complexity index is 857. The number of aromatic nitrogens is 2. The van der Waals surface area contributed by atoms with Crippen molar-refractivity contribution in [2.24, 2.45) is 0 Å². The number of benzene rings is 1. The van der Waals surface area contributed by atoms with E-state index in [9.17, 15) is 4.79 Å². The number of rotatable bonds is 6. The van der Waals surface area contributed by atoms with Crippen LogP contribution in [0, 0.1) is 0 Å². The quantitative estimate of drug-likeness (QED) is 0.679. The van der Waals surface area contributed by atoms with Crippen LogP contribution in [0.2, 0.25) is 0 Å². The van der Waals surface area contributed by atoms with Crippen LogP contribution in [0.25, 0.3) is 11.4 Å². The molecule has 0 N–H and O–H groups in total. The third kappa shape index (κ3) is 3.47. The highest BCUT2D eigenvalue weighted by atomic mass is 16.5.